The number of imidazole rings is 1. The molecule has 1 aromatic rings. The van der Waals surface area contributed by atoms with Crippen LogP contribution in [0.5, 0.6) is 6.01 Å². The van der Waals surface area contributed by atoms with Crippen molar-refractivity contribution in [3.63, 3.8) is 0 Å². The predicted molar refractivity (Wildman–Crippen MR) is 40.2 cm³/mol. The molecule has 0 amide bonds. The Kier molecular flexibility index (Phi) is 1.54. The predicted octanol–water partition coefficient (Wildman–Crippen LogP) is 0.124. The molecule has 4 nitrogen and oxygen atoms in total. The van der Waals surface area contributed by atoms with Crippen molar-refractivity contribution in [3.8, 4) is 6.01 Å². The number of nitrogens with two attached hydrogens (primary N) is 1. The molecule has 2 heterocycles. The van der Waals surface area contributed by atoms with Crippen molar-refractivity contribution >= 4 is 0 Å². The number of aryl methyl sites for hydroxylation is 1. The van der Waals surface area contributed by atoms with Gasteiger partial charge in [-0.25, -0.2) is 0 Å². The summed E-state index contributed by atoms with van der Waals surface area (Å²) >= 11 is 0. The molecule has 0 spiro atoms. The van der Waals surface area contributed by atoms with E-state index >= 15 is 0 Å². The molecule has 2 N–H and O–H groups in total. The highest BCUT2D eigenvalue weighted by atomic mass is 16.5. The lowest BCUT2D eigenvalue weighted by atomic mass is 10.4. The third-order valence-corrected chi connectivity index (χ3v) is 1.77. The molecular formula is C7H11N3O. The second-order valence-corrected chi connectivity index (χ2v) is 2.61. The second-order valence-electron chi connectivity index (χ2n) is 2.61. The molecule has 0 bridgehead atoms. The zero-order valence-electron chi connectivity index (χ0n) is 6.29. The Bertz CT molecular complexity index is 233. The van der Waals surface area contributed by atoms with Crippen molar-refractivity contribution in [2.75, 3.05) is 6.61 Å². The normalized spacial score (nSPS) is 15.7. The molecular weight excluding hydrogens is 142 g/mol. The van der Waals surface area contributed by atoms with Gasteiger partial charge in [0, 0.05) is 19.3 Å². The Hall–Kier alpha value is -1.03. The van der Waals surface area contributed by atoms with Crippen LogP contribution in [0.15, 0.2) is 6.20 Å². The first-order chi connectivity index (χ1) is 5.40. The molecule has 0 atom stereocenters. The van der Waals surface area contributed by atoms with Gasteiger partial charge in [-0.05, 0) is 6.42 Å². The fourth-order valence-electron chi connectivity index (χ4n) is 1.22. The van der Waals surface area contributed by atoms with Gasteiger partial charge in [0.2, 0.25) is 0 Å². The summed E-state index contributed by atoms with van der Waals surface area (Å²) in [6, 6.07) is 0.719. The van der Waals surface area contributed by atoms with E-state index in [1.165, 1.54) is 0 Å². The topological polar surface area (TPSA) is 53.1 Å². The van der Waals surface area contributed by atoms with E-state index in [0.717, 1.165) is 31.3 Å². The van der Waals surface area contributed by atoms with Gasteiger partial charge in [0.15, 0.2) is 0 Å². The Balaban J connectivity index is 2.32. The summed E-state index contributed by atoms with van der Waals surface area (Å²) in [5.74, 6) is 0. The fourth-order valence-corrected chi connectivity index (χ4v) is 1.22. The van der Waals surface area contributed by atoms with Crippen LogP contribution in [-0.2, 0) is 13.1 Å². The quantitative estimate of drug-likeness (QED) is 0.623. The molecule has 11 heavy (non-hydrogen) atoms. The van der Waals surface area contributed by atoms with Gasteiger partial charge in [-0.15, -0.1) is 0 Å². The summed E-state index contributed by atoms with van der Waals surface area (Å²) in [5, 5.41) is 0. The number of fused-ring (bicyclic) bond motifs is 1. The van der Waals surface area contributed by atoms with Gasteiger partial charge in [0.05, 0.1) is 12.3 Å². The first kappa shape index (κ1) is 6.67. The Morgan fingerprint density at radius 1 is 1.73 bits per heavy atom. The SMILES string of the molecule is NCc1cn2c(n1)OCCC2. The molecule has 0 saturated carbocycles. The standard InChI is InChI=1S/C7H11N3O/c8-4-6-5-10-2-1-3-11-7(10)9-6/h5H,1-4,8H2. The Morgan fingerprint density at radius 3 is 3.36 bits per heavy atom. The molecule has 1 aliphatic rings. The fraction of sp³-hybridized carbons (Fsp3) is 0.571. The summed E-state index contributed by atoms with van der Waals surface area (Å²) in [7, 11) is 0. The number of ether oxygens (including phenoxy) is 1. The molecule has 4 heteroatoms. The first-order valence-electron chi connectivity index (χ1n) is 3.79. The molecule has 1 aliphatic heterocycles. The maximum Gasteiger partial charge on any atom is 0.296 e. The number of hydrogen-bond acceptors (Lipinski definition) is 3. The highest BCUT2D eigenvalue weighted by Crippen LogP contribution is 2.15. The minimum absolute atomic E-state index is 0.489. The largest absolute Gasteiger partial charge is 0.465 e. The van der Waals surface area contributed by atoms with E-state index < -0.39 is 0 Å². The molecule has 0 fully saturated rings. The van der Waals surface area contributed by atoms with E-state index in [0.29, 0.717) is 6.54 Å². The van der Waals surface area contributed by atoms with E-state index in [2.05, 4.69) is 4.98 Å². The summed E-state index contributed by atoms with van der Waals surface area (Å²) < 4.78 is 7.31. The van der Waals surface area contributed by atoms with Crippen LogP contribution in [0.1, 0.15) is 12.1 Å². The van der Waals surface area contributed by atoms with Crippen LogP contribution in [0.2, 0.25) is 0 Å². The van der Waals surface area contributed by atoms with Crippen molar-refractivity contribution < 1.29 is 4.74 Å². The Morgan fingerprint density at radius 2 is 2.64 bits per heavy atom. The van der Waals surface area contributed by atoms with Crippen LogP contribution in [0.25, 0.3) is 0 Å². The van der Waals surface area contributed by atoms with Crippen molar-refractivity contribution in [1.29, 1.82) is 0 Å². The zero-order chi connectivity index (χ0) is 7.68. The first-order valence-corrected chi connectivity index (χ1v) is 3.79. The maximum absolute atomic E-state index is 5.43. The van der Waals surface area contributed by atoms with Crippen molar-refractivity contribution in [2.24, 2.45) is 5.73 Å². The minimum Gasteiger partial charge on any atom is -0.465 e. The smallest absolute Gasteiger partial charge is 0.296 e. The minimum atomic E-state index is 0.489. The summed E-state index contributed by atoms with van der Waals surface area (Å²) in [4.78, 5) is 4.19. The summed E-state index contributed by atoms with van der Waals surface area (Å²) in [6.45, 7) is 2.27. The van der Waals surface area contributed by atoms with E-state index in [1.807, 2.05) is 10.8 Å². The van der Waals surface area contributed by atoms with Crippen LogP contribution in [0, 0.1) is 0 Å². The van der Waals surface area contributed by atoms with E-state index in [-0.39, 0.29) is 0 Å². The molecule has 2 rings (SSSR count). The average Bonchev–Trinajstić information content (AvgIpc) is 2.46. The monoisotopic (exact) mass is 153 g/mol. The molecule has 0 saturated heterocycles. The average molecular weight is 153 g/mol. The van der Waals surface area contributed by atoms with Gasteiger partial charge in [-0.2, -0.15) is 4.98 Å². The van der Waals surface area contributed by atoms with Gasteiger partial charge >= 0.3 is 0 Å². The number of hydrogen-bond donors (Lipinski definition) is 1. The van der Waals surface area contributed by atoms with E-state index in [1.54, 1.807) is 0 Å². The maximum atomic E-state index is 5.43. The van der Waals surface area contributed by atoms with Crippen LogP contribution >= 0.6 is 0 Å². The molecule has 1 aromatic heterocycles. The van der Waals surface area contributed by atoms with Gasteiger partial charge in [-0.3, -0.25) is 0 Å². The lowest BCUT2D eigenvalue weighted by Crippen LogP contribution is -2.13. The lowest BCUT2D eigenvalue weighted by Gasteiger charge is -2.13. The van der Waals surface area contributed by atoms with Crippen LogP contribution in [0.3, 0.4) is 0 Å². The number of rotatable bonds is 1. The van der Waals surface area contributed by atoms with Gasteiger partial charge in [0.1, 0.15) is 0 Å². The van der Waals surface area contributed by atoms with Gasteiger partial charge in [-0.1, -0.05) is 0 Å². The summed E-state index contributed by atoms with van der Waals surface area (Å²) in [6.07, 6.45) is 3.02. The highest BCUT2D eigenvalue weighted by Gasteiger charge is 2.11. The van der Waals surface area contributed by atoms with E-state index in [9.17, 15) is 0 Å². The summed E-state index contributed by atoms with van der Waals surface area (Å²) in [5.41, 5.74) is 6.34. The zero-order valence-corrected chi connectivity index (χ0v) is 6.29. The van der Waals surface area contributed by atoms with Crippen molar-refractivity contribution in [2.45, 2.75) is 19.5 Å². The van der Waals surface area contributed by atoms with Crippen LogP contribution in [0.4, 0.5) is 0 Å². The number of nitrogens with zero attached hydrogens (tertiary/aromatic N) is 2. The van der Waals surface area contributed by atoms with Crippen molar-refractivity contribution in [3.05, 3.63) is 11.9 Å². The third-order valence-electron chi connectivity index (χ3n) is 1.77. The number of aromatic nitrogens is 2. The van der Waals surface area contributed by atoms with Gasteiger partial charge < -0.3 is 15.0 Å². The lowest BCUT2D eigenvalue weighted by molar-refractivity contribution is 0.231. The molecule has 0 unspecified atom stereocenters. The van der Waals surface area contributed by atoms with E-state index in [4.69, 9.17) is 10.5 Å². The molecule has 0 radical (unpaired) electrons. The molecule has 0 aromatic carbocycles. The van der Waals surface area contributed by atoms with Crippen LogP contribution in [-0.4, -0.2) is 16.2 Å². The van der Waals surface area contributed by atoms with Crippen molar-refractivity contribution in [1.82, 2.24) is 9.55 Å². The molecule has 60 valence electrons. The van der Waals surface area contributed by atoms with Crippen LogP contribution < -0.4 is 10.5 Å². The molecule has 0 aliphatic carbocycles. The highest BCUT2D eigenvalue weighted by molar-refractivity contribution is 5.09. The third kappa shape index (κ3) is 1.09. The second kappa shape index (κ2) is 2.54. The van der Waals surface area contributed by atoms with Gasteiger partial charge in [0.25, 0.3) is 6.01 Å². The Labute approximate surface area is 65.0 Å².